The van der Waals surface area contributed by atoms with Gasteiger partial charge in [-0.05, 0) is 60.4 Å². The molecule has 0 spiro atoms. The summed E-state index contributed by atoms with van der Waals surface area (Å²) in [5, 5.41) is 8.91. The van der Waals surface area contributed by atoms with Crippen molar-refractivity contribution in [1.82, 2.24) is 0 Å². The molecule has 2 aromatic carbocycles. The summed E-state index contributed by atoms with van der Waals surface area (Å²) in [5.41, 5.74) is 3.81. The Morgan fingerprint density at radius 1 is 1.00 bits per heavy atom. The van der Waals surface area contributed by atoms with Gasteiger partial charge in [0.2, 0.25) is 0 Å². The second kappa shape index (κ2) is 4.61. The quantitative estimate of drug-likeness (QED) is 0.872. The molecule has 3 heteroatoms. The van der Waals surface area contributed by atoms with Crippen LogP contribution in [0.15, 0.2) is 36.4 Å². The lowest BCUT2D eigenvalue weighted by molar-refractivity contribution is 0.0697. The van der Waals surface area contributed by atoms with E-state index in [0.29, 0.717) is 0 Å². The molecule has 1 N–H and O–H groups in total. The summed E-state index contributed by atoms with van der Waals surface area (Å²) < 4.78 is 13.1. The summed E-state index contributed by atoms with van der Waals surface area (Å²) in [7, 11) is 0. The number of hydrogen-bond acceptors (Lipinski definition) is 1. The van der Waals surface area contributed by atoms with Gasteiger partial charge in [0, 0.05) is 0 Å². The second-order valence-corrected chi connectivity index (χ2v) is 4.29. The SMILES string of the molecule is Cc1cc(F)ccc1-c1ccc(C(=O)O)cc1C. The molecule has 0 saturated carbocycles. The predicted octanol–water partition coefficient (Wildman–Crippen LogP) is 3.81. The van der Waals surface area contributed by atoms with E-state index >= 15 is 0 Å². The maximum atomic E-state index is 13.1. The first kappa shape index (κ1) is 12.3. The van der Waals surface area contributed by atoms with E-state index in [0.717, 1.165) is 22.3 Å². The fourth-order valence-corrected chi connectivity index (χ4v) is 2.03. The van der Waals surface area contributed by atoms with Gasteiger partial charge in [0.15, 0.2) is 0 Å². The molecule has 0 fully saturated rings. The molecule has 2 nitrogen and oxygen atoms in total. The smallest absolute Gasteiger partial charge is 0.335 e. The van der Waals surface area contributed by atoms with Crippen LogP contribution in [-0.4, -0.2) is 11.1 Å². The lowest BCUT2D eigenvalue weighted by Crippen LogP contribution is -1.97. The van der Waals surface area contributed by atoms with Crippen molar-refractivity contribution < 1.29 is 14.3 Å². The van der Waals surface area contributed by atoms with Crippen molar-refractivity contribution >= 4 is 5.97 Å². The van der Waals surface area contributed by atoms with Crippen molar-refractivity contribution in [3.8, 4) is 11.1 Å². The van der Waals surface area contributed by atoms with Gasteiger partial charge >= 0.3 is 5.97 Å². The molecule has 0 amide bonds. The van der Waals surface area contributed by atoms with E-state index in [4.69, 9.17) is 5.11 Å². The minimum absolute atomic E-state index is 0.260. The van der Waals surface area contributed by atoms with Crippen LogP contribution in [-0.2, 0) is 0 Å². The van der Waals surface area contributed by atoms with E-state index in [1.165, 1.54) is 12.1 Å². The normalized spacial score (nSPS) is 10.4. The highest BCUT2D eigenvalue weighted by Crippen LogP contribution is 2.27. The molecular weight excluding hydrogens is 231 g/mol. The third-order valence-electron chi connectivity index (χ3n) is 2.95. The summed E-state index contributed by atoms with van der Waals surface area (Å²) in [6.07, 6.45) is 0. The van der Waals surface area contributed by atoms with Gasteiger partial charge in [-0.15, -0.1) is 0 Å². The minimum atomic E-state index is -0.944. The Bertz CT molecular complexity index is 618. The Hall–Kier alpha value is -2.16. The van der Waals surface area contributed by atoms with Gasteiger partial charge in [0.1, 0.15) is 5.82 Å². The average Bonchev–Trinajstić information content (AvgIpc) is 2.30. The Balaban J connectivity index is 2.54. The summed E-state index contributed by atoms with van der Waals surface area (Å²) in [4.78, 5) is 10.9. The third kappa shape index (κ3) is 2.25. The van der Waals surface area contributed by atoms with Crippen LogP contribution in [0.4, 0.5) is 4.39 Å². The number of benzene rings is 2. The second-order valence-electron chi connectivity index (χ2n) is 4.29. The van der Waals surface area contributed by atoms with E-state index in [1.54, 1.807) is 24.3 Å². The number of halogens is 1. The summed E-state index contributed by atoms with van der Waals surface area (Å²) in [6, 6.07) is 9.55. The first-order valence-corrected chi connectivity index (χ1v) is 5.59. The molecule has 0 atom stereocenters. The lowest BCUT2D eigenvalue weighted by Gasteiger charge is -2.10. The van der Waals surface area contributed by atoms with Crippen molar-refractivity contribution in [2.75, 3.05) is 0 Å². The van der Waals surface area contributed by atoms with E-state index in [1.807, 2.05) is 13.8 Å². The van der Waals surface area contributed by atoms with Crippen LogP contribution in [0.2, 0.25) is 0 Å². The Kier molecular flexibility index (Phi) is 3.15. The number of aromatic carboxylic acids is 1. The molecule has 18 heavy (non-hydrogen) atoms. The Morgan fingerprint density at radius 2 is 1.56 bits per heavy atom. The van der Waals surface area contributed by atoms with Crippen LogP contribution < -0.4 is 0 Å². The predicted molar refractivity (Wildman–Crippen MR) is 68.3 cm³/mol. The highest BCUT2D eigenvalue weighted by Gasteiger charge is 2.09. The average molecular weight is 244 g/mol. The highest BCUT2D eigenvalue weighted by molar-refractivity contribution is 5.89. The van der Waals surface area contributed by atoms with Crippen molar-refractivity contribution in [2.24, 2.45) is 0 Å². The van der Waals surface area contributed by atoms with Gasteiger partial charge in [-0.2, -0.15) is 0 Å². The fourth-order valence-electron chi connectivity index (χ4n) is 2.03. The number of rotatable bonds is 2. The zero-order valence-corrected chi connectivity index (χ0v) is 10.2. The fraction of sp³-hybridized carbons (Fsp3) is 0.133. The summed E-state index contributed by atoms with van der Waals surface area (Å²) in [5.74, 6) is -1.21. The van der Waals surface area contributed by atoms with Crippen LogP contribution >= 0.6 is 0 Å². The molecule has 0 unspecified atom stereocenters. The molecule has 0 heterocycles. The molecule has 92 valence electrons. The van der Waals surface area contributed by atoms with Gasteiger partial charge in [-0.3, -0.25) is 0 Å². The Morgan fingerprint density at radius 3 is 2.06 bits per heavy atom. The van der Waals surface area contributed by atoms with Crippen LogP contribution in [0.3, 0.4) is 0 Å². The van der Waals surface area contributed by atoms with Gasteiger partial charge < -0.3 is 5.11 Å². The lowest BCUT2D eigenvalue weighted by atomic mass is 9.95. The van der Waals surface area contributed by atoms with Crippen LogP contribution in [0, 0.1) is 19.7 Å². The van der Waals surface area contributed by atoms with Crippen molar-refractivity contribution in [2.45, 2.75) is 13.8 Å². The van der Waals surface area contributed by atoms with Crippen molar-refractivity contribution in [1.29, 1.82) is 0 Å². The molecule has 0 saturated heterocycles. The van der Waals surface area contributed by atoms with E-state index in [9.17, 15) is 9.18 Å². The molecule has 0 aliphatic rings. The summed E-state index contributed by atoms with van der Waals surface area (Å²) >= 11 is 0. The molecule has 0 aliphatic carbocycles. The molecular formula is C15H13FO2. The summed E-state index contributed by atoms with van der Waals surface area (Å²) in [6.45, 7) is 3.69. The molecule has 0 bridgehead atoms. The molecule has 0 aromatic heterocycles. The monoisotopic (exact) mass is 244 g/mol. The number of aryl methyl sites for hydroxylation is 2. The van der Waals surface area contributed by atoms with Crippen LogP contribution in [0.5, 0.6) is 0 Å². The maximum Gasteiger partial charge on any atom is 0.335 e. The minimum Gasteiger partial charge on any atom is -0.478 e. The molecule has 0 radical (unpaired) electrons. The molecule has 2 rings (SSSR count). The first-order valence-electron chi connectivity index (χ1n) is 5.59. The van der Waals surface area contributed by atoms with E-state index < -0.39 is 5.97 Å². The van der Waals surface area contributed by atoms with Gasteiger partial charge in [0.05, 0.1) is 5.56 Å². The zero-order valence-electron chi connectivity index (χ0n) is 10.2. The van der Waals surface area contributed by atoms with E-state index in [-0.39, 0.29) is 11.4 Å². The molecule has 2 aromatic rings. The van der Waals surface area contributed by atoms with Crippen molar-refractivity contribution in [3.05, 3.63) is 58.9 Å². The number of carboxylic acids is 1. The molecule has 0 aliphatic heterocycles. The number of carbonyl (C=O) groups is 1. The maximum absolute atomic E-state index is 13.1. The van der Waals surface area contributed by atoms with Gasteiger partial charge in [-0.1, -0.05) is 12.1 Å². The van der Waals surface area contributed by atoms with Gasteiger partial charge in [-0.25, -0.2) is 9.18 Å². The Labute approximate surface area is 105 Å². The van der Waals surface area contributed by atoms with Crippen LogP contribution in [0.25, 0.3) is 11.1 Å². The van der Waals surface area contributed by atoms with Gasteiger partial charge in [0.25, 0.3) is 0 Å². The largest absolute Gasteiger partial charge is 0.478 e. The zero-order chi connectivity index (χ0) is 13.3. The topological polar surface area (TPSA) is 37.3 Å². The first-order chi connectivity index (χ1) is 8.49. The number of hydrogen-bond donors (Lipinski definition) is 1. The van der Waals surface area contributed by atoms with E-state index in [2.05, 4.69) is 0 Å². The van der Waals surface area contributed by atoms with Crippen molar-refractivity contribution in [3.63, 3.8) is 0 Å². The number of carboxylic acid groups (broad SMARTS) is 1. The highest BCUT2D eigenvalue weighted by atomic mass is 19.1. The third-order valence-corrected chi connectivity index (χ3v) is 2.95. The van der Waals surface area contributed by atoms with Crippen LogP contribution in [0.1, 0.15) is 21.5 Å². The standard InChI is InChI=1S/C15H13FO2/c1-9-7-11(15(17)18)3-5-13(9)14-6-4-12(16)8-10(14)2/h3-8H,1-2H3,(H,17,18).